The molecule has 0 radical (unpaired) electrons. The molecule has 0 aliphatic heterocycles. The summed E-state index contributed by atoms with van der Waals surface area (Å²) >= 11 is 8.01. The fraction of sp³-hybridized carbons (Fsp3) is 0.0769. The van der Waals surface area contributed by atoms with E-state index in [1.165, 1.54) is 35.4 Å². The Hall–Kier alpha value is -1.38. The first-order valence-electron chi connectivity index (χ1n) is 5.67. The minimum absolute atomic E-state index is 0.0173. The average molecular weight is 434 g/mol. The summed E-state index contributed by atoms with van der Waals surface area (Å²) in [4.78, 5) is 25.1. The van der Waals surface area contributed by atoms with E-state index in [0.717, 1.165) is 3.79 Å². The van der Waals surface area contributed by atoms with E-state index in [2.05, 4.69) is 31.9 Å². The number of nitrogens with zero attached hydrogens (tertiary/aromatic N) is 1. The number of aromatic carboxylic acids is 1. The SMILES string of the molecule is CN(C(=O)c1cc(Br)sc1Br)c1ccc(N)cc1C(=O)O. The standard InChI is InChI=1S/C13H10Br2N2O3S/c1-17(12(18)8-5-10(14)21-11(8)15)9-3-2-6(16)4-7(9)13(19)20/h2-5H,16H2,1H3,(H,19,20). The van der Waals surface area contributed by atoms with Gasteiger partial charge in [-0.15, -0.1) is 11.3 Å². The zero-order chi connectivity index (χ0) is 15.7. The van der Waals surface area contributed by atoms with Gasteiger partial charge in [0.1, 0.15) is 0 Å². The van der Waals surface area contributed by atoms with E-state index in [0.29, 0.717) is 15.0 Å². The number of nitrogens with two attached hydrogens (primary N) is 1. The van der Waals surface area contributed by atoms with Gasteiger partial charge in [-0.25, -0.2) is 4.79 Å². The molecule has 21 heavy (non-hydrogen) atoms. The highest BCUT2D eigenvalue weighted by atomic mass is 79.9. The van der Waals surface area contributed by atoms with Gasteiger partial charge in [0.15, 0.2) is 0 Å². The van der Waals surface area contributed by atoms with Gasteiger partial charge in [-0.1, -0.05) is 0 Å². The fourth-order valence-electron chi connectivity index (χ4n) is 1.79. The van der Waals surface area contributed by atoms with E-state index in [9.17, 15) is 14.7 Å². The van der Waals surface area contributed by atoms with Gasteiger partial charge in [-0.2, -0.15) is 0 Å². The topological polar surface area (TPSA) is 83.6 Å². The summed E-state index contributed by atoms with van der Waals surface area (Å²) in [7, 11) is 1.53. The van der Waals surface area contributed by atoms with Crippen molar-refractivity contribution < 1.29 is 14.7 Å². The normalized spacial score (nSPS) is 10.4. The second-order valence-corrected chi connectivity index (χ2v) is 7.93. The quantitative estimate of drug-likeness (QED) is 0.720. The first-order valence-corrected chi connectivity index (χ1v) is 8.07. The van der Waals surface area contributed by atoms with Crippen molar-refractivity contribution in [3.8, 4) is 0 Å². The monoisotopic (exact) mass is 432 g/mol. The number of rotatable bonds is 3. The number of nitrogen functional groups attached to an aromatic ring is 1. The number of anilines is 2. The van der Waals surface area contributed by atoms with Crippen molar-refractivity contribution in [3.63, 3.8) is 0 Å². The summed E-state index contributed by atoms with van der Waals surface area (Å²) in [5.41, 5.74) is 6.66. The first-order chi connectivity index (χ1) is 9.81. The van der Waals surface area contributed by atoms with Crippen LogP contribution in [0.3, 0.4) is 0 Å². The number of hydrogen-bond donors (Lipinski definition) is 2. The summed E-state index contributed by atoms with van der Waals surface area (Å²) in [5.74, 6) is -1.45. The Morgan fingerprint density at radius 2 is 1.90 bits per heavy atom. The first kappa shape index (κ1) is 16.0. The van der Waals surface area contributed by atoms with Crippen molar-refractivity contribution in [1.29, 1.82) is 0 Å². The van der Waals surface area contributed by atoms with Crippen LogP contribution < -0.4 is 10.6 Å². The van der Waals surface area contributed by atoms with E-state index < -0.39 is 5.97 Å². The Morgan fingerprint density at radius 3 is 2.43 bits per heavy atom. The van der Waals surface area contributed by atoms with Crippen molar-refractivity contribution in [2.45, 2.75) is 0 Å². The highest BCUT2D eigenvalue weighted by Crippen LogP contribution is 2.33. The summed E-state index contributed by atoms with van der Waals surface area (Å²) in [6.07, 6.45) is 0. The smallest absolute Gasteiger partial charge is 0.337 e. The Labute approximate surface area is 141 Å². The lowest BCUT2D eigenvalue weighted by Crippen LogP contribution is -2.27. The van der Waals surface area contributed by atoms with Crippen LogP contribution >= 0.6 is 43.2 Å². The van der Waals surface area contributed by atoms with Gasteiger partial charge in [-0.05, 0) is 56.1 Å². The number of carbonyl (C=O) groups is 2. The molecule has 1 heterocycles. The third kappa shape index (κ3) is 3.28. The highest BCUT2D eigenvalue weighted by Gasteiger charge is 2.22. The molecule has 3 N–H and O–H groups in total. The van der Waals surface area contributed by atoms with Gasteiger partial charge in [-0.3, -0.25) is 4.79 Å². The van der Waals surface area contributed by atoms with Crippen LogP contribution in [0.4, 0.5) is 11.4 Å². The molecule has 0 spiro atoms. The molecular formula is C13H10Br2N2O3S. The zero-order valence-corrected chi connectivity index (χ0v) is 14.8. The second kappa shape index (κ2) is 6.17. The molecule has 2 aromatic rings. The molecule has 8 heteroatoms. The number of halogens is 2. The van der Waals surface area contributed by atoms with Gasteiger partial charge in [0.25, 0.3) is 5.91 Å². The summed E-state index contributed by atoms with van der Waals surface area (Å²) in [5, 5.41) is 9.24. The molecule has 0 saturated carbocycles. The Bertz CT molecular complexity index is 730. The van der Waals surface area contributed by atoms with E-state index in [-0.39, 0.29) is 17.2 Å². The minimum Gasteiger partial charge on any atom is -0.478 e. The van der Waals surface area contributed by atoms with Crippen molar-refractivity contribution in [2.75, 3.05) is 17.7 Å². The lowest BCUT2D eigenvalue weighted by atomic mass is 10.1. The molecule has 0 bridgehead atoms. The van der Waals surface area contributed by atoms with Crippen LogP contribution in [0.5, 0.6) is 0 Å². The second-order valence-electron chi connectivity index (χ2n) is 4.18. The third-order valence-corrected chi connectivity index (χ3v) is 5.14. The predicted octanol–water partition coefficient (Wildman–Crippen LogP) is 3.83. The fourth-order valence-corrected chi connectivity index (χ4v) is 4.57. The number of thiophene rings is 1. The molecule has 1 amide bonds. The van der Waals surface area contributed by atoms with E-state index >= 15 is 0 Å². The van der Waals surface area contributed by atoms with Crippen molar-refractivity contribution in [2.24, 2.45) is 0 Å². The molecule has 0 atom stereocenters. The van der Waals surface area contributed by atoms with Crippen LogP contribution in [0.1, 0.15) is 20.7 Å². The summed E-state index contributed by atoms with van der Waals surface area (Å²) in [6.45, 7) is 0. The molecule has 110 valence electrons. The van der Waals surface area contributed by atoms with Crippen molar-refractivity contribution in [1.82, 2.24) is 0 Å². The maximum atomic E-state index is 12.5. The number of amides is 1. The molecule has 0 saturated heterocycles. The van der Waals surface area contributed by atoms with Crippen LogP contribution in [0.15, 0.2) is 31.8 Å². The van der Waals surface area contributed by atoms with Gasteiger partial charge >= 0.3 is 5.97 Å². The van der Waals surface area contributed by atoms with Gasteiger partial charge < -0.3 is 15.7 Å². The lowest BCUT2D eigenvalue weighted by Gasteiger charge is -2.19. The molecule has 0 fully saturated rings. The molecule has 0 aliphatic carbocycles. The van der Waals surface area contributed by atoms with Crippen molar-refractivity contribution >= 4 is 66.4 Å². The van der Waals surface area contributed by atoms with Crippen molar-refractivity contribution in [3.05, 3.63) is 43.0 Å². The highest BCUT2D eigenvalue weighted by molar-refractivity contribution is 9.12. The zero-order valence-electron chi connectivity index (χ0n) is 10.8. The molecule has 1 aromatic carbocycles. The molecule has 0 aliphatic rings. The molecule has 5 nitrogen and oxygen atoms in total. The van der Waals surface area contributed by atoms with Crippen LogP contribution in [0.25, 0.3) is 0 Å². The van der Waals surface area contributed by atoms with E-state index in [1.807, 2.05) is 0 Å². The Balaban J connectivity index is 2.45. The maximum Gasteiger partial charge on any atom is 0.337 e. The summed E-state index contributed by atoms with van der Waals surface area (Å²) in [6, 6.07) is 6.10. The van der Waals surface area contributed by atoms with Crippen LogP contribution in [-0.4, -0.2) is 24.0 Å². The molecule has 1 aromatic heterocycles. The van der Waals surface area contributed by atoms with E-state index in [1.54, 1.807) is 12.1 Å². The van der Waals surface area contributed by atoms with Crippen LogP contribution in [-0.2, 0) is 0 Å². The molecule has 2 rings (SSSR count). The maximum absolute atomic E-state index is 12.5. The van der Waals surface area contributed by atoms with E-state index in [4.69, 9.17) is 5.73 Å². The number of benzene rings is 1. The number of carboxylic acid groups (broad SMARTS) is 1. The minimum atomic E-state index is -1.14. The van der Waals surface area contributed by atoms with Gasteiger partial charge in [0.05, 0.1) is 24.4 Å². The Morgan fingerprint density at radius 1 is 1.24 bits per heavy atom. The van der Waals surface area contributed by atoms with Crippen LogP contribution in [0, 0.1) is 0 Å². The Kier molecular flexibility index (Phi) is 4.70. The predicted molar refractivity (Wildman–Crippen MR) is 90.3 cm³/mol. The van der Waals surface area contributed by atoms with Gasteiger partial charge in [0, 0.05) is 12.7 Å². The molecule has 0 unspecified atom stereocenters. The lowest BCUT2D eigenvalue weighted by molar-refractivity contribution is 0.0698. The molecular weight excluding hydrogens is 424 g/mol. The summed E-state index contributed by atoms with van der Waals surface area (Å²) < 4.78 is 1.49. The number of carbonyl (C=O) groups excluding carboxylic acids is 1. The largest absolute Gasteiger partial charge is 0.478 e. The number of hydrogen-bond acceptors (Lipinski definition) is 4. The van der Waals surface area contributed by atoms with Crippen LogP contribution in [0.2, 0.25) is 0 Å². The third-order valence-electron chi connectivity index (χ3n) is 2.80. The average Bonchev–Trinajstić information content (AvgIpc) is 2.76. The van der Waals surface area contributed by atoms with Gasteiger partial charge in [0.2, 0.25) is 0 Å². The number of carboxylic acids is 1.